The van der Waals surface area contributed by atoms with Crippen LogP contribution in [0.15, 0.2) is 66.7 Å². The molecule has 6 nitrogen and oxygen atoms in total. The molecule has 1 aliphatic rings. The van der Waals surface area contributed by atoms with Crippen LogP contribution in [0.2, 0.25) is 0 Å². The molecule has 0 aromatic heterocycles. The zero-order valence-corrected chi connectivity index (χ0v) is 20.4. The van der Waals surface area contributed by atoms with Gasteiger partial charge in [-0.05, 0) is 79.9 Å². The van der Waals surface area contributed by atoms with Crippen molar-refractivity contribution in [3.8, 4) is 5.75 Å². The number of carbonyl (C=O) groups excluding carboxylic acids is 2. The van der Waals surface area contributed by atoms with E-state index in [1.807, 2.05) is 106 Å². The molecule has 1 atom stereocenters. The first-order valence-corrected chi connectivity index (χ1v) is 11.5. The standard InChI is InChI=1S/C28H31N3O3/c1-6-34-24-16-14-23(15-17-24)31-26(32)18-30(25-9-7-8-19(2)20(25)3)28(33)27(31)21-10-12-22(13-11-21)29(4)5/h7-17,27H,6,18H2,1-5H3/t27-/m0/s1. The number of piperazine rings is 1. The molecule has 2 amide bonds. The van der Waals surface area contributed by atoms with Crippen LogP contribution in [0.5, 0.6) is 5.75 Å². The molecule has 3 aromatic carbocycles. The van der Waals surface area contributed by atoms with Crippen LogP contribution in [-0.2, 0) is 9.59 Å². The molecular formula is C28H31N3O3. The Kier molecular flexibility index (Phi) is 6.59. The number of aryl methyl sites for hydroxylation is 1. The number of rotatable bonds is 6. The Morgan fingerprint density at radius 3 is 2.24 bits per heavy atom. The summed E-state index contributed by atoms with van der Waals surface area (Å²) in [6, 6.07) is 20.2. The van der Waals surface area contributed by atoms with Gasteiger partial charge in [-0.2, -0.15) is 0 Å². The number of amides is 2. The summed E-state index contributed by atoms with van der Waals surface area (Å²) in [5.41, 5.74) is 5.33. The Morgan fingerprint density at radius 2 is 1.62 bits per heavy atom. The minimum atomic E-state index is -0.768. The molecule has 4 rings (SSSR count). The van der Waals surface area contributed by atoms with Crippen molar-refractivity contribution < 1.29 is 14.3 Å². The summed E-state index contributed by atoms with van der Waals surface area (Å²) in [6.45, 7) is 6.48. The molecule has 1 heterocycles. The summed E-state index contributed by atoms with van der Waals surface area (Å²) < 4.78 is 5.56. The van der Waals surface area contributed by atoms with Crippen molar-refractivity contribution in [1.29, 1.82) is 0 Å². The fourth-order valence-corrected chi connectivity index (χ4v) is 4.33. The zero-order chi connectivity index (χ0) is 24.4. The lowest BCUT2D eigenvalue weighted by molar-refractivity contribution is -0.128. The zero-order valence-electron chi connectivity index (χ0n) is 20.4. The predicted octanol–water partition coefficient (Wildman–Crippen LogP) is 4.89. The summed E-state index contributed by atoms with van der Waals surface area (Å²) >= 11 is 0. The highest BCUT2D eigenvalue weighted by molar-refractivity contribution is 6.14. The Morgan fingerprint density at radius 1 is 0.941 bits per heavy atom. The molecule has 0 unspecified atom stereocenters. The van der Waals surface area contributed by atoms with Gasteiger partial charge in [-0.3, -0.25) is 14.5 Å². The Bertz CT molecular complexity index is 1190. The Balaban J connectivity index is 1.80. The van der Waals surface area contributed by atoms with Gasteiger partial charge in [0.05, 0.1) is 6.61 Å². The first-order valence-electron chi connectivity index (χ1n) is 11.5. The lowest BCUT2D eigenvalue weighted by Crippen LogP contribution is -2.56. The molecule has 176 valence electrons. The molecule has 3 aromatic rings. The maximum atomic E-state index is 14.0. The monoisotopic (exact) mass is 457 g/mol. The third-order valence-corrected chi connectivity index (χ3v) is 6.34. The predicted molar refractivity (Wildman–Crippen MR) is 137 cm³/mol. The van der Waals surface area contributed by atoms with E-state index in [0.29, 0.717) is 12.3 Å². The van der Waals surface area contributed by atoms with Gasteiger partial charge < -0.3 is 14.5 Å². The van der Waals surface area contributed by atoms with E-state index in [2.05, 4.69) is 0 Å². The van der Waals surface area contributed by atoms with Crippen LogP contribution in [0.1, 0.15) is 29.7 Å². The maximum Gasteiger partial charge on any atom is 0.255 e. The lowest BCUT2D eigenvalue weighted by Gasteiger charge is -2.41. The highest BCUT2D eigenvalue weighted by atomic mass is 16.5. The van der Waals surface area contributed by atoms with E-state index in [0.717, 1.165) is 33.8 Å². The highest BCUT2D eigenvalue weighted by Gasteiger charge is 2.42. The third-order valence-electron chi connectivity index (χ3n) is 6.34. The van der Waals surface area contributed by atoms with Crippen LogP contribution in [0.25, 0.3) is 0 Å². The van der Waals surface area contributed by atoms with E-state index in [1.54, 1.807) is 9.80 Å². The van der Waals surface area contributed by atoms with Crippen LogP contribution in [0, 0.1) is 13.8 Å². The Hall–Kier alpha value is -3.80. The minimum absolute atomic E-state index is 0.0113. The third kappa shape index (κ3) is 4.36. The smallest absolute Gasteiger partial charge is 0.255 e. The van der Waals surface area contributed by atoms with Crippen LogP contribution in [0.4, 0.5) is 17.1 Å². The fourth-order valence-electron chi connectivity index (χ4n) is 4.33. The second-order valence-corrected chi connectivity index (χ2v) is 8.72. The Labute approximate surface area is 201 Å². The molecule has 0 aliphatic carbocycles. The number of nitrogens with zero attached hydrogens (tertiary/aromatic N) is 3. The van der Waals surface area contributed by atoms with E-state index in [1.165, 1.54) is 0 Å². The van der Waals surface area contributed by atoms with Crippen LogP contribution < -0.4 is 19.4 Å². The number of ether oxygens (including phenoxy) is 1. The molecule has 0 saturated carbocycles. The maximum absolute atomic E-state index is 14.0. The van der Waals surface area contributed by atoms with Crippen molar-refractivity contribution in [3.63, 3.8) is 0 Å². The molecule has 0 spiro atoms. The lowest BCUT2D eigenvalue weighted by atomic mass is 9.98. The van der Waals surface area contributed by atoms with E-state index in [9.17, 15) is 9.59 Å². The highest BCUT2D eigenvalue weighted by Crippen LogP contribution is 2.37. The molecule has 34 heavy (non-hydrogen) atoms. The number of hydrogen-bond donors (Lipinski definition) is 0. The van der Waals surface area contributed by atoms with E-state index in [4.69, 9.17) is 4.74 Å². The van der Waals surface area contributed by atoms with E-state index in [-0.39, 0.29) is 18.4 Å². The second kappa shape index (κ2) is 9.59. The van der Waals surface area contributed by atoms with E-state index < -0.39 is 6.04 Å². The fraction of sp³-hybridized carbons (Fsp3) is 0.286. The van der Waals surface area contributed by atoms with Crippen molar-refractivity contribution in [1.82, 2.24) is 0 Å². The van der Waals surface area contributed by atoms with Crippen LogP contribution >= 0.6 is 0 Å². The summed E-state index contributed by atoms with van der Waals surface area (Å²) in [5.74, 6) is 0.470. The summed E-state index contributed by atoms with van der Waals surface area (Å²) in [4.78, 5) is 32.8. The second-order valence-electron chi connectivity index (χ2n) is 8.72. The molecule has 6 heteroatoms. The van der Waals surface area contributed by atoms with E-state index >= 15 is 0 Å². The van der Waals surface area contributed by atoms with Gasteiger partial charge in [0.25, 0.3) is 5.91 Å². The van der Waals surface area contributed by atoms with Crippen molar-refractivity contribution >= 4 is 28.9 Å². The van der Waals surface area contributed by atoms with Crippen molar-refractivity contribution in [2.75, 3.05) is 41.9 Å². The first-order chi connectivity index (χ1) is 16.3. The largest absolute Gasteiger partial charge is 0.494 e. The van der Waals surface area contributed by atoms with Gasteiger partial charge in [-0.25, -0.2) is 0 Å². The molecule has 1 aliphatic heterocycles. The van der Waals surface area contributed by atoms with Gasteiger partial charge in [0.2, 0.25) is 5.91 Å². The summed E-state index contributed by atoms with van der Waals surface area (Å²) in [5, 5.41) is 0. The summed E-state index contributed by atoms with van der Waals surface area (Å²) in [7, 11) is 3.94. The van der Waals surface area contributed by atoms with Crippen LogP contribution in [-0.4, -0.2) is 39.1 Å². The molecule has 1 fully saturated rings. The van der Waals surface area contributed by atoms with Gasteiger partial charge in [0.15, 0.2) is 0 Å². The van der Waals surface area contributed by atoms with Crippen molar-refractivity contribution in [2.45, 2.75) is 26.8 Å². The number of benzene rings is 3. The average molecular weight is 458 g/mol. The molecular weight excluding hydrogens is 426 g/mol. The van der Waals surface area contributed by atoms with Gasteiger partial charge in [-0.1, -0.05) is 24.3 Å². The number of carbonyl (C=O) groups is 2. The SMILES string of the molecule is CCOc1ccc(N2C(=O)CN(c3cccc(C)c3C)C(=O)[C@@H]2c2ccc(N(C)C)cc2)cc1. The average Bonchev–Trinajstić information content (AvgIpc) is 2.83. The molecule has 0 N–H and O–H groups in total. The minimum Gasteiger partial charge on any atom is -0.494 e. The molecule has 0 bridgehead atoms. The van der Waals surface area contributed by atoms with Crippen LogP contribution in [0.3, 0.4) is 0 Å². The van der Waals surface area contributed by atoms with Crippen molar-refractivity contribution in [3.05, 3.63) is 83.4 Å². The number of anilines is 3. The topological polar surface area (TPSA) is 53.1 Å². The van der Waals surface area contributed by atoms with Crippen molar-refractivity contribution in [2.24, 2.45) is 0 Å². The number of hydrogen-bond acceptors (Lipinski definition) is 4. The van der Waals surface area contributed by atoms with Gasteiger partial charge >= 0.3 is 0 Å². The normalized spacial score (nSPS) is 16.1. The van der Waals surface area contributed by atoms with Gasteiger partial charge in [0, 0.05) is 31.2 Å². The molecule has 1 saturated heterocycles. The quantitative estimate of drug-likeness (QED) is 0.529. The van der Waals surface area contributed by atoms with Gasteiger partial charge in [0.1, 0.15) is 18.3 Å². The summed E-state index contributed by atoms with van der Waals surface area (Å²) in [6.07, 6.45) is 0. The molecule has 0 radical (unpaired) electrons. The first kappa shape index (κ1) is 23.4. The van der Waals surface area contributed by atoms with Gasteiger partial charge in [-0.15, -0.1) is 0 Å².